The molecule has 2 aromatic heterocycles. The molecule has 0 amide bonds. The Hall–Kier alpha value is -1.79. The highest BCUT2D eigenvalue weighted by molar-refractivity contribution is 5.03. The third-order valence-electron chi connectivity index (χ3n) is 4.43. The second-order valence-electron chi connectivity index (χ2n) is 6.75. The van der Waals surface area contributed by atoms with Crippen molar-refractivity contribution in [3.8, 4) is 0 Å². The zero-order valence-electron chi connectivity index (χ0n) is 14.7. The molecular formula is C18H27N5O. The van der Waals surface area contributed by atoms with Gasteiger partial charge < -0.3 is 9.42 Å². The number of rotatable bonds is 6. The molecule has 0 N–H and O–H groups in total. The molecule has 0 radical (unpaired) electrons. The van der Waals surface area contributed by atoms with Gasteiger partial charge >= 0.3 is 0 Å². The lowest BCUT2D eigenvalue weighted by Gasteiger charge is -2.20. The van der Waals surface area contributed by atoms with Crippen molar-refractivity contribution < 1.29 is 4.52 Å². The van der Waals surface area contributed by atoms with Crippen LogP contribution in [0.5, 0.6) is 0 Å². The summed E-state index contributed by atoms with van der Waals surface area (Å²) in [6.07, 6.45) is 4.07. The van der Waals surface area contributed by atoms with Gasteiger partial charge in [-0.3, -0.25) is 9.88 Å². The summed E-state index contributed by atoms with van der Waals surface area (Å²) < 4.78 is 5.30. The highest BCUT2D eigenvalue weighted by atomic mass is 16.5. The van der Waals surface area contributed by atoms with Crippen molar-refractivity contribution in [2.45, 2.75) is 39.2 Å². The fourth-order valence-corrected chi connectivity index (χ4v) is 2.99. The van der Waals surface area contributed by atoms with Crippen LogP contribution >= 0.6 is 0 Å². The van der Waals surface area contributed by atoms with Gasteiger partial charge in [0.2, 0.25) is 5.89 Å². The number of aromatic nitrogens is 3. The molecule has 1 fully saturated rings. The van der Waals surface area contributed by atoms with E-state index in [1.54, 1.807) is 0 Å². The van der Waals surface area contributed by atoms with E-state index >= 15 is 0 Å². The summed E-state index contributed by atoms with van der Waals surface area (Å²) in [5, 5.41) is 4.11. The van der Waals surface area contributed by atoms with E-state index in [4.69, 9.17) is 4.52 Å². The normalized spacial score (nSPS) is 17.3. The molecule has 6 heteroatoms. The molecule has 3 rings (SSSR count). The van der Waals surface area contributed by atoms with Crippen LogP contribution in [-0.4, -0.2) is 57.6 Å². The topological polar surface area (TPSA) is 58.3 Å². The van der Waals surface area contributed by atoms with E-state index in [1.165, 1.54) is 12.1 Å². The summed E-state index contributed by atoms with van der Waals surface area (Å²) in [4.78, 5) is 13.9. The van der Waals surface area contributed by atoms with Gasteiger partial charge in [0.1, 0.15) is 0 Å². The minimum Gasteiger partial charge on any atom is -0.339 e. The van der Waals surface area contributed by atoms with Gasteiger partial charge in [0, 0.05) is 43.9 Å². The van der Waals surface area contributed by atoms with Crippen LogP contribution < -0.4 is 0 Å². The predicted molar refractivity (Wildman–Crippen MR) is 92.7 cm³/mol. The van der Waals surface area contributed by atoms with Crippen LogP contribution in [0.25, 0.3) is 0 Å². The molecule has 0 spiro atoms. The van der Waals surface area contributed by atoms with E-state index < -0.39 is 0 Å². The highest BCUT2D eigenvalue weighted by Gasteiger charge is 2.17. The molecule has 0 unspecified atom stereocenters. The van der Waals surface area contributed by atoms with Crippen LogP contribution in [0.4, 0.5) is 0 Å². The minimum atomic E-state index is 0.289. The average Bonchev–Trinajstić information content (AvgIpc) is 2.95. The quantitative estimate of drug-likeness (QED) is 0.811. The van der Waals surface area contributed by atoms with Gasteiger partial charge in [-0.25, -0.2) is 0 Å². The van der Waals surface area contributed by atoms with Crippen LogP contribution in [-0.2, 0) is 13.0 Å². The number of hydrogen-bond donors (Lipinski definition) is 0. The summed E-state index contributed by atoms with van der Waals surface area (Å²) in [7, 11) is 0. The molecule has 0 bridgehead atoms. The zero-order valence-corrected chi connectivity index (χ0v) is 14.7. The Morgan fingerprint density at radius 3 is 2.71 bits per heavy atom. The van der Waals surface area contributed by atoms with Gasteiger partial charge in [0.15, 0.2) is 5.82 Å². The average molecular weight is 329 g/mol. The van der Waals surface area contributed by atoms with Crippen LogP contribution in [0, 0.1) is 0 Å². The smallest absolute Gasteiger partial charge is 0.229 e. The molecule has 130 valence electrons. The first-order chi connectivity index (χ1) is 11.7. The highest BCUT2D eigenvalue weighted by Crippen LogP contribution is 2.13. The molecule has 24 heavy (non-hydrogen) atoms. The molecule has 0 atom stereocenters. The van der Waals surface area contributed by atoms with Crippen molar-refractivity contribution in [2.24, 2.45) is 0 Å². The van der Waals surface area contributed by atoms with Gasteiger partial charge in [-0.15, -0.1) is 0 Å². The first-order valence-electron chi connectivity index (χ1n) is 8.88. The monoisotopic (exact) mass is 329 g/mol. The summed E-state index contributed by atoms with van der Waals surface area (Å²) in [5.74, 6) is 1.83. The third kappa shape index (κ3) is 4.85. The number of hydrogen-bond acceptors (Lipinski definition) is 6. The van der Waals surface area contributed by atoms with Gasteiger partial charge in [-0.1, -0.05) is 25.1 Å². The van der Waals surface area contributed by atoms with Crippen molar-refractivity contribution in [3.63, 3.8) is 0 Å². The lowest BCUT2D eigenvalue weighted by Crippen LogP contribution is -2.32. The lowest BCUT2D eigenvalue weighted by atomic mass is 10.2. The molecule has 0 aromatic carbocycles. The van der Waals surface area contributed by atoms with E-state index in [1.807, 2.05) is 12.3 Å². The van der Waals surface area contributed by atoms with E-state index in [0.717, 1.165) is 57.4 Å². The molecule has 1 saturated heterocycles. The summed E-state index contributed by atoms with van der Waals surface area (Å²) >= 11 is 0. The Bertz CT molecular complexity index is 613. The second kappa shape index (κ2) is 8.35. The fraction of sp³-hybridized carbons (Fsp3) is 0.611. The van der Waals surface area contributed by atoms with Crippen molar-refractivity contribution in [1.29, 1.82) is 0 Å². The molecule has 2 aromatic rings. The lowest BCUT2D eigenvalue weighted by molar-refractivity contribution is 0.245. The SMILES string of the molecule is CC(C)c1nc(CN2CCCN(CCc3ccccn3)CC2)no1. The maximum atomic E-state index is 5.30. The fourth-order valence-electron chi connectivity index (χ4n) is 2.99. The Morgan fingerprint density at radius 1 is 1.12 bits per heavy atom. The maximum Gasteiger partial charge on any atom is 0.229 e. The Balaban J connectivity index is 1.46. The molecular weight excluding hydrogens is 302 g/mol. The van der Waals surface area contributed by atoms with Crippen molar-refractivity contribution >= 4 is 0 Å². The van der Waals surface area contributed by atoms with Crippen LogP contribution in [0.1, 0.15) is 43.6 Å². The van der Waals surface area contributed by atoms with Gasteiger partial charge in [0.25, 0.3) is 0 Å². The number of pyridine rings is 1. The Labute approximate surface area is 143 Å². The van der Waals surface area contributed by atoms with E-state index in [0.29, 0.717) is 0 Å². The zero-order chi connectivity index (χ0) is 16.8. The third-order valence-corrected chi connectivity index (χ3v) is 4.43. The second-order valence-corrected chi connectivity index (χ2v) is 6.75. The van der Waals surface area contributed by atoms with Gasteiger partial charge in [0.05, 0.1) is 6.54 Å². The minimum absolute atomic E-state index is 0.289. The van der Waals surface area contributed by atoms with Crippen molar-refractivity contribution in [2.75, 3.05) is 32.7 Å². The van der Waals surface area contributed by atoms with E-state index in [2.05, 4.69) is 50.9 Å². The molecule has 3 heterocycles. The standard InChI is InChI=1S/C18H27N5O/c1-15(2)18-20-17(21-24-18)14-23-10-5-9-22(12-13-23)11-7-16-6-3-4-8-19-16/h3-4,6,8,15H,5,7,9-14H2,1-2H3. The predicted octanol–water partition coefficient (Wildman–Crippen LogP) is 2.34. The molecule has 6 nitrogen and oxygen atoms in total. The maximum absolute atomic E-state index is 5.30. The molecule has 0 saturated carbocycles. The molecule has 1 aliphatic heterocycles. The van der Waals surface area contributed by atoms with E-state index in [9.17, 15) is 0 Å². The van der Waals surface area contributed by atoms with Crippen molar-refractivity contribution in [1.82, 2.24) is 24.9 Å². The summed E-state index contributed by atoms with van der Waals surface area (Å²) in [6.45, 7) is 10.4. The summed E-state index contributed by atoms with van der Waals surface area (Å²) in [5.41, 5.74) is 1.17. The van der Waals surface area contributed by atoms with Crippen molar-refractivity contribution in [3.05, 3.63) is 41.8 Å². The Kier molecular flexibility index (Phi) is 5.93. The first-order valence-corrected chi connectivity index (χ1v) is 8.88. The van der Waals surface area contributed by atoms with Crippen LogP contribution in [0.2, 0.25) is 0 Å². The van der Waals surface area contributed by atoms with Gasteiger partial charge in [-0.2, -0.15) is 4.98 Å². The van der Waals surface area contributed by atoms with Crippen LogP contribution in [0.15, 0.2) is 28.9 Å². The van der Waals surface area contributed by atoms with Crippen LogP contribution in [0.3, 0.4) is 0 Å². The first kappa shape index (κ1) is 17.0. The van der Waals surface area contributed by atoms with E-state index in [-0.39, 0.29) is 5.92 Å². The molecule has 1 aliphatic rings. The largest absolute Gasteiger partial charge is 0.339 e. The Morgan fingerprint density at radius 2 is 1.96 bits per heavy atom. The number of nitrogens with zero attached hydrogens (tertiary/aromatic N) is 5. The summed E-state index contributed by atoms with van der Waals surface area (Å²) in [6, 6.07) is 6.13. The molecule has 0 aliphatic carbocycles. The van der Waals surface area contributed by atoms with Gasteiger partial charge in [-0.05, 0) is 31.6 Å².